The van der Waals surface area contributed by atoms with E-state index in [1.54, 1.807) is 0 Å². The van der Waals surface area contributed by atoms with Gasteiger partial charge in [0.1, 0.15) is 5.75 Å². The van der Waals surface area contributed by atoms with Crippen LogP contribution in [0.2, 0.25) is 0 Å². The van der Waals surface area contributed by atoms with Gasteiger partial charge in [-0.25, -0.2) is 0 Å². The van der Waals surface area contributed by atoms with E-state index < -0.39 is 0 Å². The Morgan fingerprint density at radius 3 is 0.946 bits per heavy atom. The fourth-order valence-corrected chi connectivity index (χ4v) is 4.80. The van der Waals surface area contributed by atoms with Gasteiger partial charge in [0.15, 0.2) is 0 Å². The average molecular weight is 485 g/mol. The summed E-state index contributed by atoms with van der Waals surface area (Å²) in [4.78, 5) is 4.40. The molecule has 0 saturated carbocycles. The molecule has 0 heterocycles. The zero-order chi connectivity index (χ0) is 25.9. The van der Waals surface area contributed by atoms with Gasteiger partial charge in [-0.3, -0.25) is 0 Å². The van der Waals surface area contributed by atoms with Crippen LogP contribution in [0.5, 0.6) is 5.75 Å². The van der Waals surface area contributed by atoms with E-state index in [1.165, 1.54) is 22.3 Å². The van der Waals surface area contributed by atoms with Gasteiger partial charge >= 0.3 is 0 Å². The van der Waals surface area contributed by atoms with Crippen LogP contribution in [0, 0.1) is 27.7 Å². The molecular formula is C34H32N2O. The fourth-order valence-electron chi connectivity index (χ4n) is 4.80. The molecule has 0 aliphatic rings. The van der Waals surface area contributed by atoms with E-state index >= 15 is 0 Å². The van der Waals surface area contributed by atoms with Crippen LogP contribution in [-0.2, 0) is 0 Å². The van der Waals surface area contributed by atoms with E-state index in [2.05, 4.69) is 141 Å². The Morgan fingerprint density at radius 2 is 0.676 bits per heavy atom. The van der Waals surface area contributed by atoms with E-state index in [9.17, 15) is 5.11 Å². The normalized spacial score (nSPS) is 10.8. The van der Waals surface area contributed by atoms with Crippen LogP contribution < -0.4 is 9.80 Å². The summed E-state index contributed by atoms with van der Waals surface area (Å²) in [6.45, 7) is 8.40. The molecule has 5 aromatic rings. The fraction of sp³-hybridized carbons (Fsp3) is 0.118. The number of aromatic hydroxyl groups is 1. The highest BCUT2D eigenvalue weighted by atomic mass is 16.3. The van der Waals surface area contributed by atoms with Crippen LogP contribution in [0.4, 0.5) is 34.1 Å². The Kier molecular flexibility index (Phi) is 6.70. The first-order valence-corrected chi connectivity index (χ1v) is 12.6. The Hall–Kier alpha value is -4.50. The second-order valence-corrected chi connectivity index (χ2v) is 9.73. The van der Waals surface area contributed by atoms with E-state index in [1.807, 2.05) is 12.1 Å². The number of hydrogen-bond acceptors (Lipinski definition) is 3. The molecule has 0 amide bonds. The predicted octanol–water partition coefficient (Wildman–Crippen LogP) is 9.57. The largest absolute Gasteiger partial charge is 0.508 e. The number of phenols is 1. The minimum Gasteiger partial charge on any atom is -0.508 e. The molecule has 184 valence electrons. The molecule has 0 aliphatic carbocycles. The summed E-state index contributed by atoms with van der Waals surface area (Å²) in [5.41, 5.74) is 10.6. The molecule has 0 aromatic heterocycles. The van der Waals surface area contributed by atoms with Gasteiger partial charge in [0, 0.05) is 34.9 Å². The molecule has 0 bridgehead atoms. The summed E-state index contributed by atoms with van der Waals surface area (Å²) < 4.78 is 0. The highest BCUT2D eigenvalue weighted by molar-refractivity contribution is 5.84. The third kappa shape index (κ3) is 5.36. The van der Waals surface area contributed by atoms with Crippen molar-refractivity contribution in [3.05, 3.63) is 138 Å². The molecule has 3 nitrogen and oxygen atoms in total. The molecule has 1 N–H and O–H groups in total. The molecule has 0 spiro atoms. The van der Waals surface area contributed by atoms with Crippen molar-refractivity contribution in [1.29, 1.82) is 0 Å². The number of rotatable bonds is 6. The molecular weight excluding hydrogens is 452 g/mol. The SMILES string of the molecule is Cc1cccc(N(c2cccc(C)c2)c2cc(O)cc(N(c3cccc(C)c3)c3cccc(C)c3)c2)c1. The van der Waals surface area contributed by atoms with Crippen LogP contribution >= 0.6 is 0 Å². The molecule has 3 heteroatoms. The molecule has 0 atom stereocenters. The average Bonchev–Trinajstić information content (AvgIpc) is 2.84. The summed E-state index contributed by atoms with van der Waals surface area (Å²) in [5.74, 6) is 0.211. The quantitative estimate of drug-likeness (QED) is 0.260. The number of hydrogen-bond donors (Lipinski definition) is 1. The third-order valence-corrected chi connectivity index (χ3v) is 6.44. The number of anilines is 6. The number of benzene rings is 5. The monoisotopic (exact) mass is 484 g/mol. The smallest absolute Gasteiger partial charge is 0.119 e. The van der Waals surface area contributed by atoms with Crippen LogP contribution in [0.1, 0.15) is 22.3 Å². The molecule has 0 aliphatic heterocycles. The van der Waals surface area contributed by atoms with Gasteiger partial charge in [-0.2, -0.15) is 0 Å². The van der Waals surface area contributed by atoms with Crippen molar-refractivity contribution in [2.24, 2.45) is 0 Å². The van der Waals surface area contributed by atoms with Gasteiger partial charge < -0.3 is 14.9 Å². The standard InChI is InChI=1S/C34H32N2O/c1-24-9-5-13-28(17-24)35(29-14-6-10-25(2)18-29)32-21-33(23-34(37)22-32)36(30-15-7-11-26(3)19-30)31-16-8-12-27(4)20-31/h5-23,37H,1-4H3. The number of nitrogens with zero attached hydrogens (tertiary/aromatic N) is 2. The van der Waals surface area contributed by atoms with E-state index in [4.69, 9.17) is 0 Å². The zero-order valence-corrected chi connectivity index (χ0v) is 21.8. The van der Waals surface area contributed by atoms with Crippen molar-refractivity contribution in [2.45, 2.75) is 27.7 Å². The predicted molar refractivity (Wildman–Crippen MR) is 156 cm³/mol. The Morgan fingerprint density at radius 1 is 0.378 bits per heavy atom. The van der Waals surface area contributed by atoms with Crippen LogP contribution in [-0.4, -0.2) is 5.11 Å². The minimum atomic E-state index is 0.211. The first-order valence-electron chi connectivity index (χ1n) is 12.6. The molecule has 0 saturated heterocycles. The topological polar surface area (TPSA) is 26.7 Å². The zero-order valence-electron chi connectivity index (χ0n) is 21.8. The van der Waals surface area contributed by atoms with Gasteiger partial charge in [0.2, 0.25) is 0 Å². The van der Waals surface area contributed by atoms with E-state index in [0.717, 1.165) is 34.1 Å². The van der Waals surface area contributed by atoms with Gasteiger partial charge in [0.25, 0.3) is 0 Å². The second kappa shape index (κ2) is 10.2. The molecule has 5 aromatic carbocycles. The third-order valence-electron chi connectivity index (χ3n) is 6.44. The maximum atomic E-state index is 11.0. The number of phenolic OH excluding ortho intramolecular Hbond substituents is 1. The number of aryl methyl sites for hydroxylation is 4. The van der Waals surface area contributed by atoms with Crippen molar-refractivity contribution in [3.63, 3.8) is 0 Å². The molecule has 5 rings (SSSR count). The lowest BCUT2D eigenvalue weighted by atomic mass is 10.1. The van der Waals surface area contributed by atoms with Crippen molar-refractivity contribution in [1.82, 2.24) is 0 Å². The first-order chi connectivity index (χ1) is 17.9. The van der Waals surface area contributed by atoms with E-state index in [-0.39, 0.29) is 5.75 Å². The van der Waals surface area contributed by atoms with Gasteiger partial charge in [-0.15, -0.1) is 0 Å². The highest BCUT2D eigenvalue weighted by Crippen LogP contribution is 2.43. The highest BCUT2D eigenvalue weighted by Gasteiger charge is 2.19. The summed E-state index contributed by atoms with van der Waals surface area (Å²) in [7, 11) is 0. The molecule has 0 radical (unpaired) electrons. The first kappa shape index (κ1) is 24.2. The van der Waals surface area contributed by atoms with Crippen LogP contribution in [0.3, 0.4) is 0 Å². The summed E-state index contributed by atoms with van der Waals surface area (Å²) in [5, 5.41) is 11.0. The van der Waals surface area contributed by atoms with Crippen molar-refractivity contribution >= 4 is 34.1 Å². The second-order valence-electron chi connectivity index (χ2n) is 9.73. The summed E-state index contributed by atoms with van der Waals surface area (Å²) in [6.07, 6.45) is 0. The molecule has 0 fully saturated rings. The van der Waals surface area contributed by atoms with Crippen molar-refractivity contribution in [3.8, 4) is 5.75 Å². The Bertz CT molecular complexity index is 1350. The lowest BCUT2D eigenvalue weighted by molar-refractivity contribution is 0.475. The van der Waals surface area contributed by atoms with Crippen LogP contribution in [0.15, 0.2) is 115 Å². The van der Waals surface area contributed by atoms with E-state index in [0.29, 0.717) is 0 Å². The molecule has 0 unspecified atom stereocenters. The van der Waals surface area contributed by atoms with Gasteiger partial charge in [0.05, 0.1) is 11.4 Å². The van der Waals surface area contributed by atoms with Crippen LogP contribution in [0.25, 0.3) is 0 Å². The van der Waals surface area contributed by atoms with Gasteiger partial charge in [-0.05, 0) is 105 Å². The minimum absolute atomic E-state index is 0.211. The maximum Gasteiger partial charge on any atom is 0.119 e. The van der Waals surface area contributed by atoms with Crippen molar-refractivity contribution in [2.75, 3.05) is 9.80 Å². The Balaban J connectivity index is 1.73. The lowest BCUT2D eigenvalue weighted by Crippen LogP contribution is -2.13. The van der Waals surface area contributed by atoms with Gasteiger partial charge in [-0.1, -0.05) is 48.5 Å². The summed E-state index contributed by atoms with van der Waals surface area (Å²) in [6, 6.07) is 39.6. The van der Waals surface area contributed by atoms with Crippen molar-refractivity contribution < 1.29 is 5.11 Å². The molecule has 37 heavy (non-hydrogen) atoms. The Labute approximate surface area is 219 Å². The maximum absolute atomic E-state index is 11.0. The summed E-state index contributed by atoms with van der Waals surface area (Å²) >= 11 is 0. The lowest BCUT2D eigenvalue weighted by Gasteiger charge is -2.30.